The number of nitrogens with zero attached hydrogens (tertiary/aromatic N) is 1. The third-order valence-corrected chi connectivity index (χ3v) is 2.36. The Bertz CT molecular complexity index is 391. The average Bonchev–Trinajstić information content (AvgIpc) is 2.15. The third-order valence-electron chi connectivity index (χ3n) is 1.79. The van der Waals surface area contributed by atoms with Crippen molar-refractivity contribution < 1.29 is 22.0 Å². The molecule has 1 aromatic rings. The van der Waals surface area contributed by atoms with Gasteiger partial charge in [0, 0.05) is 5.33 Å². The van der Waals surface area contributed by atoms with Crippen molar-refractivity contribution in [3.8, 4) is 0 Å². The van der Waals surface area contributed by atoms with Crippen LogP contribution >= 0.6 is 15.9 Å². The molecule has 0 saturated heterocycles. The summed E-state index contributed by atoms with van der Waals surface area (Å²) in [5.74, 6) is 0. The van der Waals surface area contributed by atoms with E-state index in [1.165, 1.54) is 0 Å². The van der Waals surface area contributed by atoms with Crippen LogP contribution in [0.4, 0.5) is 27.6 Å². The van der Waals surface area contributed by atoms with E-state index < -0.39 is 29.5 Å². The van der Waals surface area contributed by atoms with Gasteiger partial charge in [-0.15, -0.1) is 0 Å². The summed E-state index contributed by atoms with van der Waals surface area (Å²) < 4.78 is 62.1. The Kier molecular flexibility index (Phi) is 3.72. The topological polar surface area (TPSA) is 38.9 Å². The van der Waals surface area contributed by atoms with E-state index in [9.17, 15) is 22.0 Å². The predicted molar refractivity (Wildman–Crippen MR) is 51.2 cm³/mol. The predicted octanol–water partition coefficient (Wildman–Crippen LogP) is 3.52. The van der Waals surface area contributed by atoms with Gasteiger partial charge in [0.1, 0.15) is 5.69 Å². The van der Waals surface area contributed by atoms with Crippen molar-refractivity contribution in [2.45, 2.75) is 17.9 Å². The van der Waals surface area contributed by atoms with Crippen molar-refractivity contribution in [3.63, 3.8) is 0 Å². The van der Waals surface area contributed by atoms with Crippen molar-refractivity contribution in [2.75, 3.05) is 5.73 Å². The van der Waals surface area contributed by atoms with Gasteiger partial charge in [-0.1, -0.05) is 15.9 Å². The highest BCUT2D eigenvalue weighted by Gasteiger charge is 2.36. The molecular formula is C8H6BrF5N2. The molecule has 0 aliphatic carbocycles. The van der Waals surface area contributed by atoms with Gasteiger partial charge in [0.15, 0.2) is 0 Å². The molecule has 0 radical (unpaired) electrons. The summed E-state index contributed by atoms with van der Waals surface area (Å²) in [6.07, 6.45) is -7.91. The Balaban J connectivity index is 3.44. The lowest BCUT2D eigenvalue weighted by atomic mass is 10.1. The van der Waals surface area contributed by atoms with Crippen molar-refractivity contribution >= 4 is 21.6 Å². The molecule has 16 heavy (non-hydrogen) atoms. The smallest absolute Gasteiger partial charge is 0.397 e. The van der Waals surface area contributed by atoms with Gasteiger partial charge in [-0.2, -0.15) is 13.2 Å². The molecule has 0 saturated carbocycles. The van der Waals surface area contributed by atoms with Crippen LogP contribution in [0.5, 0.6) is 0 Å². The SMILES string of the molecule is Nc1c(C(F)(F)F)cc(CBr)nc1C(F)F. The van der Waals surface area contributed by atoms with Crippen LogP contribution < -0.4 is 5.73 Å². The molecule has 2 N–H and O–H groups in total. The van der Waals surface area contributed by atoms with Crippen LogP contribution in [0.25, 0.3) is 0 Å². The van der Waals surface area contributed by atoms with E-state index in [2.05, 4.69) is 20.9 Å². The number of aromatic nitrogens is 1. The third kappa shape index (κ3) is 2.60. The van der Waals surface area contributed by atoms with E-state index in [-0.39, 0.29) is 11.0 Å². The van der Waals surface area contributed by atoms with E-state index in [4.69, 9.17) is 5.73 Å². The second-order valence-electron chi connectivity index (χ2n) is 2.89. The maximum Gasteiger partial charge on any atom is 0.418 e. The van der Waals surface area contributed by atoms with Crippen LogP contribution in [0.1, 0.15) is 23.4 Å². The molecule has 2 nitrogen and oxygen atoms in total. The van der Waals surface area contributed by atoms with Crippen LogP contribution in [0.2, 0.25) is 0 Å². The first-order valence-corrected chi connectivity index (χ1v) is 5.10. The van der Waals surface area contributed by atoms with Crippen LogP contribution in [0.15, 0.2) is 6.07 Å². The molecule has 1 heterocycles. The molecule has 90 valence electrons. The van der Waals surface area contributed by atoms with Gasteiger partial charge in [-0.3, -0.25) is 0 Å². The number of hydrogen-bond donors (Lipinski definition) is 1. The molecule has 1 aromatic heterocycles. The summed E-state index contributed by atoms with van der Waals surface area (Å²) >= 11 is 2.85. The first-order chi connectivity index (χ1) is 7.27. The second-order valence-corrected chi connectivity index (χ2v) is 3.45. The highest BCUT2D eigenvalue weighted by molar-refractivity contribution is 9.08. The van der Waals surface area contributed by atoms with Crippen molar-refractivity contribution in [1.82, 2.24) is 4.98 Å². The fourth-order valence-electron chi connectivity index (χ4n) is 1.10. The van der Waals surface area contributed by atoms with Crippen LogP contribution in [0.3, 0.4) is 0 Å². The number of hydrogen-bond acceptors (Lipinski definition) is 2. The lowest BCUT2D eigenvalue weighted by Gasteiger charge is -2.14. The first-order valence-electron chi connectivity index (χ1n) is 3.98. The lowest BCUT2D eigenvalue weighted by molar-refractivity contribution is -0.137. The standard InChI is InChI=1S/C8H6BrF5N2/c9-2-3-1-4(8(12,13)14)5(15)6(16-3)7(10)11/h1,7H,2,15H2. The maximum absolute atomic E-state index is 12.4. The number of pyridine rings is 1. The number of nitrogens with two attached hydrogens (primary N) is 1. The van der Waals surface area contributed by atoms with Crippen LogP contribution in [0, 0.1) is 0 Å². The van der Waals surface area contributed by atoms with E-state index in [0.717, 1.165) is 0 Å². The summed E-state index contributed by atoms with van der Waals surface area (Å²) in [4.78, 5) is 3.34. The molecule has 0 atom stereocenters. The Hall–Kier alpha value is -0.920. The monoisotopic (exact) mass is 304 g/mol. The summed E-state index contributed by atoms with van der Waals surface area (Å²) in [5, 5.41) is -0.0594. The van der Waals surface area contributed by atoms with Gasteiger partial charge in [-0.25, -0.2) is 13.8 Å². The minimum absolute atomic E-state index is 0.0594. The maximum atomic E-state index is 12.4. The Labute approximate surface area is 95.8 Å². The Morgan fingerprint density at radius 2 is 1.94 bits per heavy atom. The molecule has 0 fully saturated rings. The summed E-state index contributed by atoms with van der Waals surface area (Å²) in [5.41, 5.74) is 1.53. The fraction of sp³-hybridized carbons (Fsp3) is 0.375. The number of rotatable bonds is 2. The Morgan fingerprint density at radius 3 is 2.31 bits per heavy atom. The lowest BCUT2D eigenvalue weighted by Crippen LogP contribution is -2.13. The quantitative estimate of drug-likeness (QED) is 0.671. The molecule has 0 unspecified atom stereocenters. The van der Waals surface area contributed by atoms with Crippen molar-refractivity contribution in [2.24, 2.45) is 0 Å². The van der Waals surface area contributed by atoms with Gasteiger partial charge in [0.05, 0.1) is 16.9 Å². The van der Waals surface area contributed by atoms with E-state index >= 15 is 0 Å². The average molecular weight is 305 g/mol. The number of nitrogen functional groups attached to an aromatic ring is 1. The number of alkyl halides is 6. The van der Waals surface area contributed by atoms with Gasteiger partial charge < -0.3 is 5.73 Å². The summed E-state index contributed by atoms with van der Waals surface area (Å²) in [7, 11) is 0. The van der Waals surface area contributed by atoms with Crippen LogP contribution in [-0.4, -0.2) is 4.98 Å². The zero-order chi connectivity index (χ0) is 12.5. The highest BCUT2D eigenvalue weighted by Crippen LogP contribution is 2.37. The minimum Gasteiger partial charge on any atom is -0.397 e. The van der Waals surface area contributed by atoms with Gasteiger partial charge in [0.2, 0.25) is 0 Å². The van der Waals surface area contributed by atoms with Gasteiger partial charge >= 0.3 is 6.18 Å². The largest absolute Gasteiger partial charge is 0.418 e. The summed E-state index contributed by atoms with van der Waals surface area (Å²) in [6, 6.07) is 0.649. The number of halogens is 6. The normalized spacial score (nSPS) is 12.2. The second kappa shape index (κ2) is 4.52. The first kappa shape index (κ1) is 13.1. The zero-order valence-electron chi connectivity index (χ0n) is 7.65. The molecule has 0 bridgehead atoms. The molecule has 0 spiro atoms. The van der Waals surface area contributed by atoms with Gasteiger partial charge in [0.25, 0.3) is 6.43 Å². The Morgan fingerprint density at radius 1 is 1.38 bits per heavy atom. The highest BCUT2D eigenvalue weighted by atomic mass is 79.9. The van der Waals surface area contributed by atoms with E-state index in [0.29, 0.717) is 6.07 Å². The van der Waals surface area contributed by atoms with Crippen LogP contribution in [-0.2, 0) is 11.5 Å². The summed E-state index contributed by atoms with van der Waals surface area (Å²) in [6.45, 7) is 0. The fourth-order valence-corrected chi connectivity index (χ4v) is 1.39. The molecule has 0 aliphatic rings. The minimum atomic E-state index is -4.77. The number of anilines is 1. The molecule has 0 amide bonds. The van der Waals surface area contributed by atoms with E-state index in [1.807, 2.05) is 0 Å². The van der Waals surface area contributed by atoms with Crippen molar-refractivity contribution in [3.05, 3.63) is 23.0 Å². The van der Waals surface area contributed by atoms with Crippen molar-refractivity contribution in [1.29, 1.82) is 0 Å². The zero-order valence-corrected chi connectivity index (χ0v) is 9.24. The molecule has 1 rings (SSSR count). The van der Waals surface area contributed by atoms with E-state index in [1.54, 1.807) is 0 Å². The molecule has 8 heteroatoms. The molecule has 0 aromatic carbocycles. The molecular weight excluding hydrogens is 299 g/mol. The molecule has 0 aliphatic heterocycles. The van der Waals surface area contributed by atoms with Gasteiger partial charge in [-0.05, 0) is 6.07 Å².